The van der Waals surface area contributed by atoms with Crippen LogP contribution in [0, 0.1) is 0 Å². The van der Waals surface area contributed by atoms with E-state index in [1.807, 2.05) is 0 Å². The second-order valence-corrected chi connectivity index (χ2v) is 2.33. The van der Waals surface area contributed by atoms with Gasteiger partial charge in [0.15, 0.2) is 0 Å². The summed E-state index contributed by atoms with van der Waals surface area (Å²) in [5, 5.41) is 8.61. The molecule has 0 radical (unpaired) electrons. The summed E-state index contributed by atoms with van der Waals surface area (Å²) in [5.74, 6) is -1.35. The molecular weight excluding hydrogens is 154 g/mol. The Morgan fingerprint density at radius 2 is 2.17 bits per heavy atom. The lowest BCUT2D eigenvalue weighted by Crippen LogP contribution is -2.32. The molecule has 0 heterocycles. The van der Waals surface area contributed by atoms with E-state index in [4.69, 9.17) is 13.6 Å². The molecule has 0 fully saturated rings. The average molecular weight is 167 g/mol. The second-order valence-electron chi connectivity index (χ2n) is 2.33. The highest BCUT2D eigenvalue weighted by molar-refractivity contribution is 5.73. The van der Waals surface area contributed by atoms with Crippen LogP contribution in [0.15, 0.2) is 30.3 Å². The number of carboxylic acids is 1. The van der Waals surface area contributed by atoms with Gasteiger partial charge >= 0.3 is 5.97 Å². The van der Waals surface area contributed by atoms with Crippen molar-refractivity contribution in [3.63, 3.8) is 0 Å². The van der Waals surface area contributed by atoms with Gasteiger partial charge in [-0.25, -0.2) is 0 Å². The first-order chi connectivity index (χ1) is 6.46. The van der Waals surface area contributed by atoms with Crippen LogP contribution < -0.4 is 5.73 Å². The number of nitrogens with two attached hydrogens (primary N) is 1. The highest BCUT2D eigenvalue weighted by Crippen LogP contribution is 2.01. The standard InChI is InChI=1S/C9H11NO2/c10-8(9(11)12)6-7-4-2-1-3-5-7/h1-5,8H,6,10H2,(H,11,12)/i6D2. The number of aliphatic carboxylic acids is 1. The van der Waals surface area contributed by atoms with Gasteiger partial charge in [0.05, 0.1) is 0 Å². The Morgan fingerprint density at radius 1 is 1.58 bits per heavy atom. The van der Waals surface area contributed by atoms with Gasteiger partial charge in [-0.1, -0.05) is 30.3 Å². The Morgan fingerprint density at radius 3 is 2.67 bits per heavy atom. The second kappa shape index (κ2) is 3.88. The van der Waals surface area contributed by atoms with Crippen LogP contribution in [0.1, 0.15) is 8.30 Å². The lowest BCUT2D eigenvalue weighted by Gasteiger charge is -2.04. The third-order valence-electron chi connectivity index (χ3n) is 1.36. The molecule has 3 nitrogen and oxygen atoms in total. The molecule has 0 saturated carbocycles. The number of hydrogen-bond donors (Lipinski definition) is 2. The minimum absolute atomic E-state index is 0.273. The van der Waals surface area contributed by atoms with E-state index in [9.17, 15) is 4.79 Å². The maximum atomic E-state index is 10.6. The average Bonchev–Trinajstić information content (AvgIpc) is 2.18. The van der Waals surface area contributed by atoms with Crippen LogP contribution in [0.5, 0.6) is 0 Å². The van der Waals surface area contributed by atoms with Gasteiger partial charge in [0.1, 0.15) is 6.04 Å². The van der Waals surface area contributed by atoms with Crippen LogP contribution in [0.25, 0.3) is 0 Å². The summed E-state index contributed by atoms with van der Waals surface area (Å²) in [6, 6.07) is 6.49. The number of benzene rings is 1. The van der Waals surface area contributed by atoms with E-state index in [0.29, 0.717) is 0 Å². The molecule has 0 aliphatic rings. The fourth-order valence-electron chi connectivity index (χ4n) is 0.776. The summed E-state index contributed by atoms with van der Waals surface area (Å²) in [5.41, 5.74) is 5.52. The zero-order valence-electron chi connectivity index (χ0n) is 8.40. The minimum atomic E-state index is -2.05. The first-order valence-electron chi connectivity index (χ1n) is 4.50. The zero-order valence-corrected chi connectivity index (χ0v) is 6.40. The SMILES string of the molecule is [2H]C([2H])(c1ccccc1)C(N)C(=O)O. The van der Waals surface area contributed by atoms with E-state index in [0.717, 1.165) is 0 Å². The van der Waals surface area contributed by atoms with Gasteiger partial charge < -0.3 is 10.8 Å². The molecule has 0 amide bonds. The lowest BCUT2D eigenvalue weighted by atomic mass is 10.1. The topological polar surface area (TPSA) is 63.3 Å². The van der Waals surface area contributed by atoms with Crippen molar-refractivity contribution in [2.24, 2.45) is 5.73 Å². The Hall–Kier alpha value is -1.35. The van der Waals surface area contributed by atoms with Gasteiger partial charge in [0.25, 0.3) is 0 Å². The summed E-state index contributed by atoms with van der Waals surface area (Å²) in [6.07, 6.45) is -2.05. The van der Waals surface area contributed by atoms with Crippen molar-refractivity contribution in [2.45, 2.75) is 12.4 Å². The fraction of sp³-hybridized carbons (Fsp3) is 0.222. The summed E-state index contributed by atoms with van der Waals surface area (Å²) in [4.78, 5) is 10.6. The van der Waals surface area contributed by atoms with Gasteiger partial charge in [-0.05, 0) is 11.9 Å². The van der Waals surface area contributed by atoms with Crippen LogP contribution >= 0.6 is 0 Å². The van der Waals surface area contributed by atoms with Crippen molar-refractivity contribution < 1.29 is 12.6 Å². The van der Waals surface area contributed by atoms with Crippen LogP contribution in [0.2, 0.25) is 0 Å². The quantitative estimate of drug-likeness (QED) is 0.694. The van der Waals surface area contributed by atoms with Crippen LogP contribution in [-0.2, 0) is 11.2 Å². The van der Waals surface area contributed by atoms with Crippen molar-refractivity contribution in [3.8, 4) is 0 Å². The van der Waals surface area contributed by atoms with E-state index >= 15 is 0 Å². The van der Waals surface area contributed by atoms with E-state index < -0.39 is 18.4 Å². The van der Waals surface area contributed by atoms with Crippen molar-refractivity contribution in [1.82, 2.24) is 0 Å². The maximum absolute atomic E-state index is 10.6. The first-order valence-corrected chi connectivity index (χ1v) is 3.50. The molecule has 12 heavy (non-hydrogen) atoms. The minimum Gasteiger partial charge on any atom is -0.480 e. The molecule has 1 atom stereocenters. The Labute approximate surface area is 73.6 Å². The summed E-state index contributed by atoms with van der Waals surface area (Å²) >= 11 is 0. The van der Waals surface area contributed by atoms with Crippen molar-refractivity contribution >= 4 is 5.97 Å². The summed E-state index contributed by atoms with van der Waals surface area (Å²) in [6.45, 7) is 0. The third kappa shape index (κ3) is 2.36. The molecule has 0 bridgehead atoms. The molecular formula is C9H11NO2. The summed E-state index contributed by atoms with van der Waals surface area (Å²) in [7, 11) is 0. The molecule has 0 aliphatic carbocycles. The van der Waals surface area contributed by atoms with Gasteiger partial charge in [0.2, 0.25) is 0 Å². The van der Waals surface area contributed by atoms with Gasteiger partial charge in [-0.3, -0.25) is 4.79 Å². The Balaban J connectivity index is 3.02. The molecule has 0 aliphatic heterocycles. The Bertz CT molecular complexity index is 327. The van der Waals surface area contributed by atoms with Crippen molar-refractivity contribution in [1.29, 1.82) is 0 Å². The molecule has 1 aromatic rings. The van der Waals surface area contributed by atoms with E-state index in [-0.39, 0.29) is 5.56 Å². The summed E-state index contributed by atoms with van der Waals surface area (Å²) < 4.78 is 15.1. The smallest absolute Gasteiger partial charge is 0.320 e. The zero-order chi connectivity index (χ0) is 10.8. The molecule has 1 aromatic carbocycles. The molecule has 0 spiro atoms. The third-order valence-corrected chi connectivity index (χ3v) is 1.36. The first kappa shape index (κ1) is 6.20. The fourth-order valence-corrected chi connectivity index (χ4v) is 0.776. The molecule has 0 aromatic heterocycles. The predicted octanol–water partition coefficient (Wildman–Crippen LogP) is 0.641. The molecule has 1 rings (SSSR count). The molecule has 1 unspecified atom stereocenters. The van der Waals surface area contributed by atoms with Crippen molar-refractivity contribution in [2.75, 3.05) is 0 Å². The predicted molar refractivity (Wildman–Crippen MR) is 45.8 cm³/mol. The largest absolute Gasteiger partial charge is 0.480 e. The lowest BCUT2D eigenvalue weighted by molar-refractivity contribution is -0.138. The molecule has 3 heteroatoms. The number of carboxylic acid groups (broad SMARTS) is 1. The Kier molecular flexibility index (Phi) is 2.00. The van der Waals surface area contributed by atoms with E-state index in [1.54, 1.807) is 18.2 Å². The van der Waals surface area contributed by atoms with E-state index in [2.05, 4.69) is 0 Å². The van der Waals surface area contributed by atoms with Crippen molar-refractivity contribution in [3.05, 3.63) is 35.9 Å². The van der Waals surface area contributed by atoms with E-state index in [1.165, 1.54) is 12.1 Å². The number of hydrogen-bond acceptors (Lipinski definition) is 2. The maximum Gasteiger partial charge on any atom is 0.320 e. The van der Waals surface area contributed by atoms with Crippen LogP contribution in [0.4, 0.5) is 0 Å². The molecule has 3 N–H and O–H groups in total. The number of carbonyl (C=O) groups is 1. The normalized spacial score (nSPS) is 16.1. The van der Waals surface area contributed by atoms with Gasteiger partial charge in [0, 0.05) is 2.74 Å². The highest BCUT2D eigenvalue weighted by atomic mass is 16.4. The molecule has 64 valence electrons. The van der Waals surface area contributed by atoms with Gasteiger partial charge in [-0.15, -0.1) is 0 Å². The van der Waals surface area contributed by atoms with Crippen LogP contribution in [-0.4, -0.2) is 17.1 Å². The van der Waals surface area contributed by atoms with Crippen LogP contribution in [0.3, 0.4) is 0 Å². The van der Waals surface area contributed by atoms with Gasteiger partial charge in [-0.2, -0.15) is 0 Å². The monoisotopic (exact) mass is 167 g/mol. The highest BCUT2D eigenvalue weighted by Gasteiger charge is 2.10. The molecule has 0 saturated heterocycles. The number of rotatable bonds is 3.